The Bertz CT molecular complexity index is 1020. The highest BCUT2D eigenvalue weighted by molar-refractivity contribution is 6.06. The number of aromatic nitrogens is 4. The van der Waals surface area contributed by atoms with Gasteiger partial charge in [-0.25, -0.2) is 9.97 Å². The first-order chi connectivity index (χ1) is 12.9. The standard InChI is InChI=1S/C20H24N6O/c1-12-18-15(10-16(14-5-6-14)23-19(18)26(4)24-12)20(27)22-11-13-7-8-21-17(9-13)25(2)3/h7-10,14H,5-6,11H2,1-4H3,(H,22,27). The molecule has 27 heavy (non-hydrogen) atoms. The third kappa shape index (κ3) is 3.37. The third-order valence-corrected chi connectivity index (χ3v) is 4.95. The quantitative estimate of drug-likeness (QED) is 0.753. The molecule has 7 nitrogen and oxygen atoms in total. The van der Waals surface area contributed by atoms with Gasteiger partial charge in [0, 0.05) is 45.5 Å². The first-order valence-corrected chi connectivity index (χ1v) is 9.18. The lowest BCUT2D eigenvalue weighted by atomic mass is 10.1. The van der Waals surface area contributed by atoms with Crippen molar-refractivity contribution in [3.05, 3.63) is 46.9 Å². The van der Waals surface area contributed by atoms with Gasteiger partial charge in [0.15, 0.2) is 5.65 Å². The average Bonchev–Trinajstić information content (AvgIpc) is 3.46. The van der Waals surface area contributed by atoms with Crippen LogP contribution in [0.2, 0.25) is 0 Å². The maximum atomic E-state index is 13.0. The molecule has 1 saturated carbocycles. The molecule has 0 atom stereocenters. The summed E-state index contributed by atoms with van der Waals surface area (Å²) < 4.78 is 1.76. The molecule has 1 N–H and O–H groups in total. The summed E-state index contributed by atoms with van der Waals surface area (Å²) in [6.45, 7) is 2.37. The summed E-state index contributed by atoms with van der Waals surface area (Å²) in [5, 5.41) is 8.35. The van der Waals surface area contributed by atoms with Crippen molar-refractivity contribution in [2.24, 2.45) is 7.05 Å². The molecule has 0 radical (unpaired) electrons. The van der Waals surface area contributed by atoms with E-state index in [0.717, 1.165) is 46.6 Å². The van der Waals surface area contributed by atoms with Gasteiger partial charge in [-0.05, 0) is 43.5 Å². The Morgan fingerprint density at radius 1 is 1.33 bits per heavy atom. The van der Waals surface area contributed by atoms with Crippen molar-refractivity contribution in [2.75, 3.05) is 19.0 Å². The fourth-order valence-electron chi connectivity index (χ4n) is 3.32. The number of fused-ring (bicyclic) bond motifs is 1. The van der Waals surface area contributed by atoms with E-state index in [4.69, 9.17) is 4.98 Å². The maximum absolute atomic E-state index is 13.0. The van der Waals surface area contributed by atoms with Crippen LogP contribution in [0.15, 0.2) is 24.4 Å². The van der Waals surface area contributed by atoms with Gasteiger partial charge in [-0.1, -0.05) is 0 Å². The lowest BCUT2D eigenvalue weighted by Gasteiger charge is -2.13. The minimum absolute atomic E-state index is 0.0939. The molecule has 1 aliphatic rings. The van der Waals surface area contributed by atoms with Crippen LogP contribution >= 0.6 is 0 Å². The predicted octanol–water partition coefficient (Wildman–Crippen LogP) is 2.55. The van der Waals surface area contributed by atoms with E-state index in [0.29, 0.717) is 18.0 Å². The van der Waals surface area contributed by atoms with Crippen molar-refractivity contribution in [1.29, 1.82) is 0 Å². The number of anilines is 1. The lowest BCUT2D eigenvalue weighted by molar-refractivity contribution is 0.0952. The molecule has 0 aliphatic heterocycles. The summed E-state index contributed by atoms with van der Waals surface area (Å²) in [7, 11) is 5.77. The summed E-state index contributed by atoms with van der Waals surface area (Å²) in [5.74, 6) is 1.25. The third-order valence-electron chi connectivity index (χ3n) is 4.95. The molecule has 4 rings (SSSR count). The number of hydrogen-bond acceptors (Lipinski definition) is 5. The Balaban J connectivity index is 1.63. The number of nitrogens with one attached hydrogen (secondary N) is 1. The Kier molecular flexibility index (Phi) is 4.30. The van der Waals surface area contributed by atoms with E-state index in [9.17, 15) is 4.79 Å². The Labute approximate surface area is 158 Å². The van der Waals surface area contributed by atoms with Crippen molar-refractivity contribution in [3.8, 4) is 0 Å². The molecule has 7 heteroatoms. The molecule has 3 aromatic heterocycles. The van der Waals surface area contributed by atoms with Crippen molar-refractivity contribution < 1.29 is 4.79 Å². The molecule has 0 bridgehead atoms. The van der Waals surface area contributed by atoms with E-state index in [1.165, 1.54) is 0 Å². The second-order valence-corrected chi connectivity index (χ2v) is 7.38. The van der Waals surface area contributed by atoms with Gasteiger partial charge in [-0.2, -0.15) is 5.10 Å². The topological polar surface area (TPSA) is 75.9 Å². The van der Waals surface area contributed by atoms with Gasteiger partial charge in [-0.15, -0.1) is 0 Å². The van der Waals surface area contributed by atoms with Crippen molar-refractivity contribution in [3.63, 3.8) is 0 Å². The molecule has 1 amide bonds. The zero-order valence-electron chi connectivity index (χ0n) is 16.2. The predicted molar refractivity (Wildman–Crippen MR) is 105 cm³/mol. The molecule has 0 spiro atoms. The fourth-order valence-corrected chi connectivity index (χ4v) is 3.32. The largest absolute Gasteiger partial charge is 0.363 e. The maximum Gasteiger partial charge on any atom is 0.252 e. The van der Waals surface area contributed by atoms with Gasteiger partial charge in [-0.3, -0.25) is 9.48 Å². The molecular formula is C20H24N6O. The highest BCUT2D eigenvalue weighted by atomic mass is 16.1. The summed E-state index contributed by atoms with van der Waals surface area (Å²) >= 11 is 0. The lowest BCUT2D eigenvalue weighted by Crippen LogP contribution is -2.24. The monoisotopic (exact) mass is 364 g/mol. The summed E-state index contributed by atoms with van der Waals surface area (Å²) in [4.78, 5) is 24.0. The van der Waals surface area contributed by atoms with Crippen molar-refractivity contribution in [2.45, 2.75) is 32.2 Å². The van der Waals surface area contributed by atoms with Crippen LogP contribution in [0.4, 0.5) is 5.82 Å². The number of rotatable bonds is 5. The summed E-state index contributed by atoms with van der Waals surface area (Å²) in [6, 6.07) is 5.84. The highest BCUT2D eigenvalue weighted by Crippen LogP contribution is 2.40. The summed E-state index contributed by atoms with van der Waals surface area (Å²) in [5.41, 5.74) is 4.27. The Hall–Kier alpha value is -2.96. The van der Waals surface area contributed by atoms with Gasteiger partial charge in [0.1, 0.15) is 5.82 Å². The Morgan fingerprint density at radius 2 is 2.11 bits per heavy atom. The van der Waals surface area contributed by atoms with E-state index < -0.39 is 0 Å². The zero-order chi connectivity index (χ0) is 19.1. The molecular weight excluding hydrogens is 340 g/mol. The number of amides is 1. The molecule has 3 heterocycles. The average molecular weight is 364 g/mol. The highest BCUT2D eigenvalue weighted by Gasteiger charge is 2.28. The minimum Gasteiger partial charge on any atom is -0.363 e. The van der Waals surface area contributed by atoms with Gasteiger partial charge in [0.25, 0.3) is 5.91 Å². The molecule has 3 aromatic rings. The van der Waals surface area contributed by atoms with Crippen LogP contribution < -0.4 is 10.2 Å². The number of carbonyl (C=O) groups excluding carboxylic acids is 1. The van der Waals surface area contributed by atoms with E-state index in [1.54, 1.807) is 10.9 Å². The van der Waals surface area contributed by atoms with Crippen molar-refractivity contribution >= 4 is 22.8 Å². The minimum atomic E-state index is -0.0939. The fraction of sp³-hybridized carbons (Fsp3) is 0.400. The number of pyridine rings is 2. The van der Waals surface area contributed by atoms with Crippen LogP contribution in [0, 0.1) is 6.92 Å². The number of nitrogens with zero attached hydrogens (tertiary/aromatic N) is 5. The van der Waals surface area contributed by atoms with Crippen molar-refractivity contribution in [1.82, 2.24) is 25.1 Å². The van der Waals surface area contributed by atoms with Gasteiger partial charge >= 0.3 is 0 Å². The van der Waals surface area contributed by atoms with E-state index in [2.05, 4.69) is 15.4 Å². The van der Waals surface area contributed by atoms with Crippen LogP contribution in [0.25, 0.3) is 11.0 Å². The molecule has 1 fully saturated rings. The van der Waals surface area contributed by atoms with Gasteiger partial charge < -0.3 is 10.2 Å². The second kappa shape index (κ2) is 6.64. The van der Waals surface area contributed by atoms with Crippen LogP contribution in [-0.4, -0.2) is 39.8 Å². The number of aryl methyl sites for hydroxylation is 2. The molecule has 1 aliphatic carbocycles. The van der Waals surface area contributed by atoms with E-state index in [1.807, 2.05) is 51.2 Å². The molecule has 0 saturated heterocycles. The second-order valence-electron chi connectivity index (χ2n) is 7.38. The molecule has 0 aromatic carbocycles. The molecule has 0 unspecified atom stereocenters. The number of carbonyl (C=O) groups is 1. The van der Waals surface area contributed by atoms with Gasteiger partial charge in [0.2, 0.25) is 0 Å². The summed E-state index contributed by atoms with van der Waals surface area (Å²) in [6.07, 6.45) is 4.04. The first-order valence-electron chi connectivity index (χ1n) is 9.18. The van der Waals surface area contributed by atoms with Crippen LogP contribution in [0.3, 0.4) is 0 Å². The smallest absolute Gasteiger partial charge is 0.252 e. The first kappa shape index (κ1) is 17.5. The van der Waals surface area contributed by atoms with E-state index in [-0.39, 0.29) is 5.91 Å². The zero-order valence-corrected chi connectivity index (χ0v) is 16.2. The van der Waals surface area contributed by atoms with Gasteiger partial charge in [0.05, 0.1) is 16.6 Å². The molecule has 140 valence electrons. The van der Waals surface area contributed by atoms with Crippen LogP contribution in [0.5, 0.6) is 0 Å². The Morgan fingerprint density at radius 3 is 2.81 bits per heavy atom. The van der Waals surface area contributed by atoms with Crippen LogP contribution in [-0.2, 0) is 13.6 Å². The van der Waals surface area contributed by atoms with Crippen LogP contribution in [0.1, 0.15) is 46.1 Å². The van der Waals surface area contributed by atoms with E-state index >= 15 is 0 Å². The normalized spacial score (nSPS) is 13.8. The SMILES string of the molecule is Cc1nn(C)c2nc(C3CC3)cc(C(=O)NCc3ccnc(N(C)C)c3)c12. The number of hydrogen-bond donors (Lipinski definition) is 1.